The van der Waals surface area contributed by atoms with Crippen molar-refractivity contribution >= 4 is 37.9 Å². The fourth-order valence-corrected chi connectivity index (χ4v) is 9.30. The van der Waals surface area contributed by atoms with Crippen molar-refractivity contribution in [2.75, 3.05) is 19.7 Å². The molecule has 7 aromatic carbocycles. The largest absolute Gasteiger partial charge is 0.699 e. The summed E-state index contributed by atoms with van der Waals surface area (Å²) in [5.41, 5.74) is 19.0. The van der Waals surface area contributed by atoms with Crippen LogP contribution in [0.15, 0.2) is 163 Å². The Morgan fingerprint density at radius 2 is 1.41 bits per heavy atom. The quantitative estimate of drug-likeness (QED) is 0.0149. The molecule has 0 fully saturated rings. The molecule has 7 aromatic rings. The van der Waals surface area contributed by atoms with Crippen molar-refractivity contribution in [2.24, 2.45) is 0 Å². The van der Waals surface area contributed by atoms with Crippen LogP contribution < -0.4 is 25.4 Å². The van der Waals surface area contributed by atoms with Gasteiger partial charge >= 0.3 is 5.97 Å². The minimum Gasteiger partial charge on any atom is -0.699 e. The number of phenols is 2. The first-order valence-electron chi connectivity index (χ1n) is 25.2. The molecule has 0 saturated heterocycles. The van der Waals surface area contributed by atoms with Crippen LogP contribution >= 0.6 is 8.38 Å². The van der Waals surface area contributed by atoms with Crippen molar-refractivity contribution in [1.82, 2.24) is 16.0 Å². The predicted octanol–water partition coefficient (Wildman–Crippen LogP) is 12.2. The second-order valence-corrected chi connectivity index (χ2v) is 18.8. The molecule has 405 valence electrons. The molecule has 15 nitrogen and oxygen atoms in total. The molecule has 9 N–H and O–H groups in total. The number of amides is 2. The summed E-state index contributed by atoms with van der Waals surface area (Å²) in [6.07, 6.45) is 4.43. The Labute approximate surface area is 485 Å². The number of carbonyl (C=O) groups is 3. The molecule has 1 spiro atoms. The number of halogens is 1. The number of phenolic OH excluding ortho intramolecular Hbond substituents is 2. The van der Waals surface area contributed by atoms with Gasteiger partial charge in [0.05, 0.1) is 5.56 Å². The number of hydrogen-bond donors (Lipinski definition) is 7. The fourth-order valence-electron chi connectivity index (χ4n) is 8.61. The van der Waals surface area contributed by atoms with Crippen molar-refractivity contribution in [3.8, 4) is 40.6 Å². The number of ether oxygens (including phenoxy) is 3. The van der Waals surface area contributed by atoms with Gasteiger partial charge in [-0.1, -0.05) is 123 Å². The van der Waals surface area contributed by atoms with E-state index in [1.165, 1.54) is 60.7 Å². The Morgan fingerprint density at radius 1 is 0.759 bits per heavy atom. The minimum absolute atomic E-state index is 0. The van der Waals surface area contributed by atoms with Crippen molar-refractivity contribution in [2.45, 2.75) is 57.5 Å². The summed E-state index contributed by atoms with van der Waals surface area (Å²) in [6.45, 7) is 5.34. The number of fused-ring (bicyclic) bond motifs is 6. The number of hydrogen-bond acceptors (Lipinski definition) is 11. The number of aromatic hydroxyl groups is 2. The van der Waals surface area contributed by atoms with Gasteiger partial charge in [0, 0.05) is 92.3 Å². The van der Waals surface area contributed by atoms with Gasteiger partial charge in [0.2, 0.25) is 5.91 Å². The van der Waals surface area contributed by atoms with Gasteiger partial charge in [-0.2, -0.15) is 0 Å². The standard InChI is InChI=1S/C53H48N4O10P.C6H5FN.C2H6.Y/c54-46(28-36-14-8-13-34(27-36)15-10-26-65-41-17-9-16-38(29-41)51(68(63)64)57-33-35-11-4-3-5-12-35)50(61)56-25-7-2-1-6-24-55-49(60)37-18-21-43-42(30-37)52(62)67-53(43)44-22-19-39(58)31-47(44)66-48-32-40(59)20-23-45(48)53;7-5-1-3-6(8)4-2-5;1-2;/h3-5,8-9,11-14,16-23,27-32,51,54,57-59,63-64H,1-2,6-7,24-26,33H2,(H,55,60)(H,56,61);1-4,8H;1-2H3;/q2*-1;;/b46-28+;;;. The molecule has 1 atom stereocenters. The molecule has 0 bridgehead atoms. The van der Waals surface area contributed by atoms with Gasteiger partial charge in [-0.3, -0.25) is 14.9 Å². The molecular formula is C61H59FN5O10PY-2. The zero-order valence-electron chi connectivity index (χ0n) is 43.5. The summed E-state index contributed by atoms with van der Waals surface area (Å²) in [5.74, 6) is 4.58. The molecule has 0 aliphatic carbocycles. The van der Waals surface area contributed by atoms with Crippen LogP contribution in [0.2, 0.25) is 0 Å². The summed E-state index contributed by atoms with van der Waals surface area (Å²) in [4.78, 5) is 59.5. The molecule has 1 unspecified atom stereocenters. The smallest absolute Gasteiger partial charge is 0.340 e. The zero-order valence-corrected chi connectivity index (χ0v) is 47.2. The van der Waals surface area contributed by atoms with E-state index in [9.17, 15) is 38.8 Å². The first-order valence-corrected chi connectivity index (χ1v) is 26.5. The van der Waals surface area contributed by atoms with Crippen LogP contribution in [-0.2, 0) is 54.4 Å². The van der Waals surface area contributed by atoms with E-state index in [0.717, 1.165) is 18.4 Å². The molecule has 79 heavy (non-hydrogen) atoms. The normalized spacial score (nSPS) is 12.6. The molecule has 9 rings (SSSR count). The molecule has 1 radical (unpaired) electrons. The van der Waals surface area contributed by atoms with E-state index >= 15 is 0 Å². The van der Waals surface area contributed by atoms with Crippen molar-refractivity contribution < 1.29 is 85.7 Å². The number of unbranched alkanes of at least 4 members (excludes halogenated alkanes) is 3. The van der Waals surface area contributed by atoms with Crippen LogP contribution in [0.5, 0.6) is 28.7 Å². The Kier molecular flexibility index (Phi) is 22.6. The van der Waals surface area contributed by atoms with Crippen molar-refractivity contribution in [1.29, 1.82) is 0 Å². The van der Waals surface area contributed by atoms with E-state index < -0.39 is 31.6 Å². The molecule has 2 heterocycles. The maximum Gasteiger partial charge on any atom is 0.340 e. The number of nitrogens with one attached hydrogen (secondary N) is 5. The third-order valence-corrected chi connectivity index (χ3v) is 13.2. The molecule has 2 aliphatic heterocycles. The summed E-state index contributed by atoms with van der Waals surface area (Å²) in [5, 5.41) is 29.2. The molecule has 0 aromatic heterocycles. The zero-order chi connectivity index (χ0) is 55.6. The second-order valence-electron chi connectivity index (χ2n) is 17.7. The summed E-state index contributed by atoms with van der Waals surface area (Å²) in [6, 6.07) is 43.2. The van der Waals surface area contributed by atoms with Gasteiger partial charge in [0.25, 0.3) is 5.91 Å². The van der Waals surface area contributed by atoms with Crippen LogP contribution in [0.1, 0.15) is 105 Å². The number of carbonyl (C=O) groups excluding carboxylic acids is 3. The van der Waals surface area contributed by atoms with Gasteiger partial charge in [-0.25, -0.2) is 9.18 Å². The Balaban J connectivity index is 0.000000833. The number of rotatable bonds is 17. The predicted molar refractivity (Wildman–Crippen MR) is 299 cm³/mol. The van der Waals surface area contributed by atoms with Crippen molar-refractivity contribution in [3.05, 3.63) is 231 Å². The molecular weight excluding hydrogens is 1100 g/mol. The van der Waals surface area contributed by atoms with Gasteiger partial charge < -0.3 is 56.3 Å². The van der Waals surface area contributed by atoms with E-state index in [1.54, 1.807) is 60.7 Å². The third kappa shape index (κ3) is 16.0. The fraction of sp³-hybridized carbons (Fsp3) is 0.197. The molecule has 18 heteroatoms. The SMILES string of the molecule is CC.[NH-]/C(=C/c1cccc(C#CCOc2cccc(C(NCc3ccccc3)P(O)O)c2)c1)C(=O)NCCCCCCNC(=O)c1ccc2c(c1)C(=O)OC21c2ccc(O)cc2Oc2cc(O)ccc21.[NH-]c1ccc(F)cc1.[Y]. The van der Waals surface area contributed by atoms with Gasteiger partial charge in [-0.15, -0.1) is 5.69 Å². The van der Waals surface area contributed by atoms with Crippen LogP contribution in [-0.4, -0.2) is 57.5 Å². The molecule has 0 saturated carbocycles. The van der Waals surface area contributed by atoms with E-state index in [1.807, 2.05) is 56.3 Å². The Bertz CT molecular complexity index is 3240. The third-order valence-electron chi connectivity index (χ3n) is 12.3. The van der Waals surface area contributed by atoms with Crippen LogP contribution in [0.3, 0.4) is 0 Å². The topological polar surface area (TPSA) is 244 Å². The number of benzene rings is 7. The molecule has 2 amide bonds. The van der Waals surface area contributed by atoms with E-state index in [0.29, 0.717) is 77.3 Å². The van der Waals surface area contributed by atoms with Gasteiger partial charge in [-0.05, 0) is 102 Å². The molecule has 2 aliphatic rings. The van der Waals surface area contributed by atoms with Gasteiger partial charge in [0.1, 0.15) is 47.0 Å². The minimum atomic E-state index is -2.30. The van der Waals surface area contributed by atoms with Crippen molar-refractivity contribution in [3.63, 3.8) is 0 Å². The monoisotopic (exact) mass is 1160 g/mol. The average Bonchev–Trinajstić information content (AvgIpc) is 4.03. The second kappa shape index (κ2) is 29.4. The summed E-state index contributed by atoms with van der Waals surface area (Å²) in [7, 11) is -2.30. The average molecular weight is 1160 g/mol. The van der Waals surface area contributed by atoms with E-state index in [4.69, 9.17) is 25.7 Å². The Morgan fingerprint density at radius 3 is 2.06 bits per heavy atom. The van der Waals surface area contributed by atoms with E-state index in [2.05, 4.69) is 27.8 Å². The summed E-state index contributed by atoms with van der Waals surface area (Å²) < 4.78 is 29.9. The first kappa shape index (κ1) is 60.6. The Hall–Kier alpha value is -7.61. The van der Waals surface area contributed by atoms with Gasteiger partial charge in [0.15, 0.2) is 14.0 Å². The summed E-state index contributed by atoms with van der Waals surface area (Å²) >= 11 is 0. The maximum atomic E-state index is 13.4. The van der Waals surface area contributed by atoms with E-state index in [-0.39, 0.29) is 90.9 Å². The van der Waals surface area contributed by atoms with Crippen LogP contribution in [0.4, 0.5) is 10.1 Å². The first-order chi connectivity index (χ1) is 37.8. The number of esters is 1. The van der Waals surface area contributed by atoms with Crippen LogP contribution in [0, 0.1) is 17.7 Å². The van der Waals surface area contributed by atoms with Crippen LogP contribution in [0.25, 0.3) is 17.5 Å². The maximum absolute atomic E-state index is 13.4.